The van der Waals surface area contributed by atoms with Crippen molar-refractivity contribution in [2.24, 2.45) is 0 Å². The second-order valence-electron chi connectivity index (χ2n) is 6.60. The predicted molar refractivity (Wildman–Crippen MR) is 97.3 cm³/mol. The molecule has 1 aromatic carbocycles. The van der Waals surface area contributed by atoms with E-state index in [0.29, 0.717) is 16.8 Å². The Morgan fingerprint density at radius 3 is 2.64 bits per heavy atom. The highest BCUT2D eigenvalue weighted by molar-refractivity contribution is 6.30. The number of halogens is 1. The van der Waals surface area contributed by atoms with Crippen LogP contribution in [0.25, 0.3) is 5.69 Å². The third-order valence-electron chi connectivity index (χ3n) is 5.02. The minimum atomic E-state index is 0.0188. The standard InChI is InChI=1S/C18H22ClN5O/c19-14-1-3-15(4-2-14)24-10-6-17(21-24)18(25)23-9-5-16(13-23)22-11-7-20-8-12-22/h1-4,6,10,16,20H,5,7-9,11-13H2. The maximum absolute atomic E-state index is 12.8. The Morgan fingerprint density at radius 2 is 1.88 bits per heavy atom. The average molecular weight is 360 g/mol. The monoisotopic (exact) mass is 359 g/mol. The van der Waals surface area contributed by atoms with E-state index in [1.54, 1.807) is 10.7 Å². The van der Waals surface area contributed by atoms with Crippen LogP contribution < -0.4 is 5.32 Å². The van der Waals surface area contributed by atoms with E-state index < -0.39 is 0 Å². The van der Waals surface area contributed by atoms with Gasteiger partial charge in [-0.05, 0) is 36.8 Å². The van der Waals surface area contributed by atoms with Gasteiger partial charge in [0.05, 0.1) is 5.69 Å². The number of aromatic nitrogens is 2. The molecule has 2 aliphatic heterocycles. The van der Waals surface area contributed by atoms with Crippen molar-refractivity contribution in [1.29, 1.82) is 0 Å². The Balaban J connectivity index is 1.42. The molecule has 1 aromatic heterocycles. The summed E-state index contributed by atoms with van der Waals surface area (Å²) in [6.07, 6.45) is 2.87. The van der Waals surface area contributed by atoms with E-state index in [2.05, 4.69) is 15.3 Å². The van der Waals surface area contributed by atoms with Crippen LogP contribution in [0.15, 0.2) is 36.5 Å². The first-order valence-electron chi connectivity index (χ1n) is 8.76. The van der Waals surface area contributed by atoms with Crippen molar-refractivity contribution in [3.05, 3.63) is 47.2 Å². The first kappa shape index (κ1) is 16.6. The molecular weight excluding hydrogens is 338 g/mol. The molecule has 0 bridgehead atoms. The van der Waals surface area contributed by atoms with E-state index in [1.807, 2.05) is 35.4 Å². The van der Waals surface area contributed by atoms with E-state index in [1.165, 1.54) is 0 Å². The van der Waals surface area contributed by atoms with Crippen molar-refractivity contribution in [3.8, 4) is 5.69 Å². The summed E-state index contributed by atoms with van der Waals surface area (Å²) in [6, 6.07) is 9.68. The molecule has 2 aliphatic rings. The number of rotatable bonds is 3. The van der Waals surface area contributed by atoms with Crippen molar-refractivity contribution < 1.29 is 4.79 Å². The number of carbonyl (C=O) groups excluding carboxylic acids is 1. The zero-order chi connectivity index (χ0) is 17.2. The van der Waals surface area contributed by atoms with Gasteiger partial charge < -0.3 is 10.2 Å². The van der Waals surface area contributed by atoms with E-state index in [-0.39, 0.29) is 5.91 Å². The van der Waals surface area contributed by atoms with Crippen molar-refractivity contribution in [3.63, 3.8) is 0 Å². The first-order valence-corrected chi connectivity index (χ1v) is 9.14. The smallest absolute Gasteiger partial charge is 0.274 e. The molecule has 1 atom stereocenters. The number of hydrogen-bond donors (Lipinski definition) is 1. The van der Waals surface area contributed by atoms with Crippen molar-refractivity contribution >= 4 is 17.5 Å². The summed E-state index contributed by atoms with van der Waals surface area (Å²) in [5.74, 6) is 0.0188. The van der Waals surface area contributed by atoms with Crippen LogP contribution in [0.4, 0.5) is 0 Å². The average Bonchev–Trinajstić information content (AvgIpc) is 3.33. The van der Waals surface area contributed by atoms with Crippen LogP contribution in [0, 0.1) is 0 Å². The predicted octanol–water partition coefficient (Wildman–Crippen LogP) is 1.65. The summed E-state index contributed by atoms with van der Waals surface area (Å²) in [4.78, 5) is 17.2. The van der Waals surface area contributed by atoms with Gasteiger partial charge in [0.15, 0.2) is 5.69 Å². The highest BCUT2D eigenvalue weighted by atomic mass is 35.5. The van der Waals surface area contributed by atoms with Crippen LogP contribution in [0.5, 0.6) is 0 Å². The molecule has 25 heavy (non-hydrogen) atoms. The largest absolute Gasteiger partial charge is 0.336 e. The molecule has 2 saturated heterocycles. The zero-order valence-corrected chi connectivity index (χ0v) is 14.8. The van der Waals surface area contributed by atoms with Crippen LogP contribution in [-0.2, 0) is 0 Å². The molecular formula is C18H22ClN5O. The third kappa shape index (κ3) is 3.56. The van der Waals surface area contributed by atoms with Gasteiger partial charge in [0.25, 0.3) is 5.91 Å². The number of piperazine rings is 1. The molecule has 0 spiro atoms. The van der Waals surface area contributed by atoms with Gasteiger partial charge in [0.1, 0.15) is 0 Å². The van der Waals surface area contributed by atoms with Crippen LogP contribution in [0.1, 0.15) is 16.9 Å². The summed E-state index contributed by atoms with van der Waals surface area (Å²) in [6.45, 7) is 5.82. The lowest BCUT2D eigenvalue weighted by molar-refractivity contribution is 0.0767. The van der Waals surface area contributed by atoms with Gasteiger partial charge in [-0.3, -0.25) is 9.69 Å². The third-order valence-corrected chi connectivity index (χ3v) is 5.27. The lowest BCUT2D eigenvalue weighted by Crippen LogP contribution is -2.49. The maximum atomic E-state index is 12.8. The van der Waals surface area contributed by atoms with Gasteiger partial charge in [0.2, 0.25) is 0 Å². The van der Waals surface area contributed by atoms with Crippen molar-refractivity contribution in [2.75, 3.05) is 39.3 Å². The summed E-state index contributed by atoms with van der Waals surface area (Å²) in [5.41, 5.74) is 1.39. The number of benzene rings is 1. The normalized spacial score (nSPS) is 21.6. The van der Waals surface area contributed by atoms with E-state index in [0.717, 1.165) is 51.4 Å². The first-order chi connectivity index (χ1) is 12.2. The van der Waals surface area contributed by atoms with Gasteiger partial charge in [-0.15, -0.1) is 0 Å². The van der Waals surface area contributed by atoms with Crippen molar-refractivity contribution in [2.45, 2.75) is 12.5 Å². The quantitative estimate of drug-likeness (QED) is 0.905. The van der Waals surface area contributed by atoms with Crippen molar-refractivity contribution in [1.82, 2.24) is 24.9 Å². The Kier molecular flexibility index (Phi) is 4.74. The molecule has 1 amide bonds. The molecule has 0 aliphatic carbocycles. The minimum absolute atomic E-state index is 0.0188. The van der Waals surface area contributed by atoms with E-state index in [4.69, 9.17) is 11.6 Å². The molecule has 3 heterocycles. The number of amides is 1. The fourth-order valence-electron chi connectivity index (χ4n) is 3.61. The number of nitrogens with zero attached hydrogens (tertiary/aromatic N) is 4. The van der Waals surface area contributed by atoms with Gasteiger partial charge in [-0.2, -0.15) is 5.10 Å². The molecule has 1 unspecified atom stereocenters. The van der Waals surface area contributed by atoms with Crippen LogP contribution in [0.2, 0.25) is 5.02 Å². The molecule has 7 heteroatoms. The highest BCUT2D eigenvalue weighted by Crippen LogP contribution is 2.19. The minimum Gasteiger partial charge on any atom is -0.336 e. The van der Waals surface area contributed by atoms with Crippen LogP contribution in [0.3, 0.4) is 0 Å². The van der Waals surface area contributed by atoms with Gasteiger partial charge in [0, 0.05) is 56.5 Å². The van der Waals surface area contributed by atoms with Gasteiger partial charge in [-0.25, -0.2) is 4.68 Å². The second-order valence-corrected chi connectivity index (χ2v) is 7.04. The Hall–Kier alpha value is -1.89. The SMILES string of the molecule is O=C(c1ccn(-c2ccc(Cl)cc2)n1)N1CCC(N2CCNCC2)C1. The van der Waals surface area contributed by atoms with Crippen LogP contribution in [-0.4, -0.2) is 70.8 Å². The Labute approximate surface area is 152 Å². The number of hydrogen-bond acceptors (Lipinski definition) is 4. The van der Waals surface area contributed by atoms with Gasteiger partial charge >= 0.3 is 0 Å². The number of carbonyl (C=O) groups is 1. The topological polar surface area (TPSA) is 53.4 Å². The fourth-order valence-corrected chi connectivity index (χ4v) is 3.74. The summed E-state index contributed by atoms with van der Waals surface area (Å²) < 4.78 is 1.72. The molecule has 2 fully saturated rings. The summed E-state index contributed by atoms with van der Waals surface area (Å²) in [7, 11) is 0. The van der Waals surface area contributed by atoms with E-state index in [9.17, 15) is 4.79 Å². The van der Waals surface area contributed by atoms with Crippen LogP contribution >= 0.6 is 11.6 Å². The second kappa shape index (κ2) is 7.15. The highest BCUT2D eigenvalue weighted by Gasteiger charge is 2.32. The lowest BCUT2D eigenvalue weighted by Gasteiger charge is -2.32. The van der Waals surface area contributed by atoms with E-state index >= 15 is 0 Å². The number of nitrogens with one attached hydrogen (secondary N) is 1. The zero-order valence-electron chi connectivity index (χ0n) is 14.1. The Morgan fingerprint density at radius 1 is 1.12 bits per heavy atom. The van der Waals surface area contributed by atoms with Gasteiger partial charge in [-0.1, -0.05) is 11.6 Å². The molecule has 0 radical (unpaired) electrons. The maximum Gasteiger partial charge on any atom is 0.274 e. The molecule has 6 nitrogen and oxygen atoms in total. The molecule has 0 saturated carbocycles. The summed E-state index contributed by atoms with van der Waals surface area (Å²) in [5, 5.41) is 8.51. The molecule has 4 rings (SSSR count). The summed E-state index contributed by atoms with van der Waals surface area (Å²) >= 11 is 5.92. The lowest BCUT2D eigenvalue weighted by atomic mass is 10.2. The fraction of sp³-hybridized carbons (Fsp3) is 0.444. The number of likely N-dealkylation sites (tertiary alicyclic amines) is 1. The molecule has 1 N–H and O–H groups in total. The Bertz CT molecular complexity index is 738. The molecule has 2 aromatic rings. The molecule has 132 valence electrons.